The first-order valence-electron chi connectivity index (χ1n) is 10.2. The van der Waals surface area contributed by atoms with Crippen molar-refractivity contribution in [2.24, 2.45) is 0 Å². The molecular weight excluding hydrogens is 521 g/mol. The molecule has 0 bridgehead atoms. The third-order valence-electron chi connectivity index (χ3n) is 5.62. The quantitative estimate of drug-likeness (QED) is 0.385. The number of alkyl halides is 6. The van der Waals surface area contributed by atoms with Gasteiger partial charge < -0.3 is 9.47 Å². The number of hydrogen-bond acceptors (Lipinski definition) is 3. The van der Waals surface area contributed by atoms with Gasteiger partial charge >= 0.3 is 12.4 Å². The van der Waals surface area contributed by atoms with E-state index < -0.39 is 42.0 Å². The maximum Gasteiger partial charge on any atom is 0.416 e. The number of rotatable bonds is 4. The highest BCUT2D eigenvalue weighted by Crippen LogP contribution is 2.37. The highest BCUT2D eigenvalue weighted by atomic mass is 35.5. The number of aromatic nitrogens is 3. The Bertz CT molecular complexity index is 1230. The summed E-state index contributed by atoms with van der Waals surface area (Å²) in [7, 11) is 0. The molecule has 1 aliphatic heterocycles. The first kappa shape index (κ1) is 25.3. The molecular formula is C22H16Cl2F6N4O. The molecule has 0 aliphatic carbocycles. The van der Waals surface area contributed by atoms with Gasteiger partial charge in [-0.2, -0.15) is 26.3 Å². The summed E-state index contributed by atoms with van der Waals surface area (Å²) < 4.78 is 81.2. The normalized spacial score (nSPS) is 16.9. The van der Waals surface area contributed by atoms with Gasteiger partial charge in [0.25, 0.3) is 0 Å². The van der Waals surface area contributed by atoms with Crippen LogP contribution in [-0.2, 0) is 36.5 Å². The Balaban J connectivity index is 1.68. The summed E-state index contributed by atoms with van der Waals surface area (Å²) in [6, 6.07) is 5.24. The van der Waals surface area contributed by atoms with Crippen LogP contribution in [0.1, 0.15) is 34.1 Å². The summed E-state index contributed by atoms with van der Waals surface area (Å²) in [5.41, 5.74) is -2.51. The fraction of sp³-hybridized carbons (Fsp3) is 0.318. The Morgan fingerprint density at radius 3 is 2.17 bits per heavy atom. The predicted octanol–water partition coefficient (Wildman–Crippen LogP) is 5.99. The molecule has 0 radical (unpaired) electrons. The number of nitrogens with zero attached hydrogens (tertiary/aromatic N) is 4. The second kappa shape index (κ2) is 9.34. The van der Waals surface area contributed by atoms with E-state index in [1.54, 1.807) is 22.8 Å². The Morgan fingerprint density at radius 2 is 1.57 bits per heavy atom. The number of hydrogen-bond donors (Lipinski definition) is 0. The molecule has 1 amide bonds. The van der Waals surface area contributed by atoms with Crippen LogP contribution in [0.5, 0.6) is 0 Å². The lowest BCUT2D eigenvalue weighted by molar-refractivity contribution is -0.143. The van der Waals surface area contributed by atoms with Crippen LogP contribution in [0, 0.1) is 0 Å². The van der Waals surface area contributed by atoms with Crippen LogP contribution < -0.4 is 0 Å². The number of fused-ring (bicyclic) bond motifs is 1. The van der Waals surface area contributed by atoms with Crippen molar-refractivity contribution in [3.63, 3.8) is 0 Å². The van der Waals surface area contributed by atoms with E-state index in [2.05, 4.69) is 10.2 Å². The van der Waals surface area contributed by atoms with E-state index in [9.17, 15) is 31.1 Å². The topological polar surface area (TPSA) is 51.0 Å². The number of carbonyl (C=O) groups excluding carboxylic acids is 1. The van der Waals surface area contributed by atoms with E-state index >= 15 is 0 Å². The minimum absolute atomic E-state index is 0.0347. The molecule has 0 spiro atoms. The molecule has 35 heavy (non-hydrogen) atoms. The van der Waals surface area contributed by atoms with Crippen LogP contribution in [0.4, 0.5) is 26.3 Å². The van der Waals surface area contributed by atoms with Crippen molar-refractivity contribution in [1.29, 1.82) is 0 Å². The van der Waals surface area contributed by atoms with E-state index in [1.807, 2.05) is 0 Å². The molecule has 1 aromatic heterocycles. The smallest absolute Gasteiger partial charge is 0.336 e. The van der Waals surface area contributed by atoms with E-state index in [0.29, 0.717) is 28.5 Å². The van der Waals surface area contributed by atoms with Crippen molar-refractivity contribution in [2.75, 3.05) is 6.54 Å². The average Bonchev–Trinajstić information content (AvgIpc) is 3.19. The maximum absolute atomic E-state index is 13.5. The minimum Gasteiger partial charge on any atom is -0.336 e. The van der Waals surface area contributed by atoms with Crippen molar-refractivity contribution < 1.29 is 31.1 Å². The second-order valence-electron chi connectivity index (χ2n) is 8.05. The van der Waals surface area contributed by atoms with Crippen molar-refractivity contribution in [3.05, 3.63) is 80.8 Å². The zero-order chi connectivity index (χ0) is 25.5. The van der Waals surface area contributed by atoms with Crippen LogP contribution in [-0.4, -0.2) is 32.1 Å². The molecule has 186 valence electrons. The highest BCUT2D eigenvalue weighted by molar-refractivity contribution is 6.42. The van der Waals surface area contributed by atoms with Crippen LogP contribution >= 0.6 is 23.2 Å². The zero-order valence-corrected chi connectivity index (χ0v) is 19.2. The van der Waals surface area contributed by atoms with E-state index in [0.717, 1.165) is 0 Å². The molecule has 13 heteroatoms. The maximum atomic E-state index is 13.5. The number of amides is 1. The van der Waals surface area contributed by atoms with E-state index in [4.69, 9.17) is 23.2 Å². The summed E-state index contributed by atoms with van der Waals surface area (Å²) in [5.74, 6) is -0.0356. The monoisotopic (exact) mass is 536 g/mol. The van der Waals surface area contributed by atoms with Gasteiger partial charge in [0, 0.05) is 25.9 Å². The molecule has 1 aliphatic rings. The first-order valence-corrected chi connectivity index (χ1v) is 11.0. The van der Waals surface area contributed by atoms with Crippen molar-refractivity contribution >= 4 is 29.1 Å². The molecule has 5 nitrogen and oxygen atoms in total. The van der Waals surface area contributed by atoms with Crippen LogP contribution in [0.2, 0.25) is 10.0 Å². The number of benzene rings is 2. The van der Waals surface area contributed by atoms with Gasteiger partial charge in [0.15, 0.2) is 0 Å². The van der Waals surface area contributed by atoms with Crippen molar-refractivity contribution in [2.45, 2.75) is 37.8 Å². The van der Waals surface area contributed by atoms with Gasteiger partial charge in [-0.25, -0.2) is 0 Å². The molecule has 0 saturated carbocycles. The SMILES string of the molecule is O=C1C(Cc2ccc(Cl)c(Cl)c2)n2cnnc2CCN1Cc1cc(C(F)(F)F)cc(C(F)(F)F)c1. The lowest BCUT2D eigenvalue weighted by atomic mass is 10.0. The molecule has 1 unspecified atom stereocenters. The Hall–Kier alpha value is -2.79. The molecule has 0 saturated heterocycles. The van der Waals surface area contributed by atoms with Gasteiger partial charge in [-0.05, 0) is 41.5 Å². The van der Waals surface area contributed by atoms with E-state index in [1.165, 1.54) is 11.2 Å². The largest absolute Gasteiger partial charge is 0.416 e. The van der Waals surface area contributed by atoms with Crippen LogP contribution in [0.3, 0.4) is 0 Å². The summed E-state index contributed by atoms with van der Waals surface area (Å²) in [5, 5.41) is 8.42. The highest BCUT2D eigenvalue weighted by Gasteiger charge is 2.38. The van der Waals surface area contributed by atoms with Crippen molar-refractivity contribution in [1.82, 2.24) is 19.7 Å². The Labute approximate surface area is 205 Å². The molecule has 2 aromatic carbocycles. The lowest BCUT2D eigenvalue weighted by Gasteiger charge is -2.26. The van der Waals surface area contributed by atoms with Crippen molar-refractivity contribution in [3.8, 4) is 0 Å². The average molecular weight is 537 g/mol. The summed E-state index contributed by atoms with van der Waals surface area (Å²) in [6.45, 7) is -0.408. The van der Waals surface area contributed by atoms with Gasteiger partial charge in [0.1, 0.15) is 18.2 Å². The summed E-state index contributed by atoms with van der Waals surface area (Å²) in [6.07, 6.45) is -8.25. The summed E-state index contributed by atoms with van der Waals surface area (Å²) in [4.78, 5) is 14.7. The second-order valence-corrected chi connectivity index (χ2v) is 8.86. The van der Waals surface area contributed by atoms with Gasteiger partial charge in [-0.3, -0.25) is 4.79 Å². The number of halogens is 8. The summed E-state index contributed by atoms with van der Waals surface area (Å²) >= 11 is 12.0. The Morgan fingerprint density at radius 1 is 0.914 bits per heavy atom. The molecule has 3 aromatic rings. The fourth-order valence-corrected chi connectivity index (χ4v) is 4.26. The molecule has 4 rings (SSSR count). The molecule has 1 atom stereocenters. The third-order valence-corrected chi connectivity index (χ3v) is 6.36. The van der Waals surface area contributed by atoms with Crippen LogP contribution in [0.15, 0.2) is 42.7 Å². The molecule has 2 heterocycles. The Kier molecular flexibility index (Phi) is 6.76. The molecule has 0 N–H and O–H groups in total. The van der Waals surface area contributed by atoms with Gasteiger partial charge in [0.05, 0.1) is 21.2 Å². The fourth-order valence-electron chi connectivity index (χ4n) is 3.94. The van der Waals surface area contributed by atoms with Crippen LogP contribution in [0.25, 0.3) is 0 Å². The lowest BCUT2D eigenvalue weighted by Crippen LogP contribution is -2.36. The van der Waals surface area contributed by atoms with Gasteiger partial charge in [0.2, 0.25) is 5.91 Å². The standard InChI is InChI=1S/C22H16Cl2F6N4O/c23-16-2-1-12(7-17(16)24)8-18-20(35)33(4-3-19-32-31-11-34(18)19)10-13-5-14(21(25,26)27)9-15(6-13)22(28,29)30/h1-2,5-7,9,11,18H,3-4,8,10H2. The number of carbonyl (C=O) groups is 1. The molecule has 0 fully saturated rings. The van der Waals surface area contributed by atoms with E-state index in [-0.39, 0.29) is 36.0 Å². The van der Waals surface area contributed by atoms with Gasteiger partial charge in [-0.1, -0.05) is 29.3 Å². The zero-order valence-electron chi connectivity index (χ0n) is 17.7. The van der Waals surface area contributed by atoms with Gasteiger partial charge in [-0.15, -0.1) is 10.2 Å². The minimum atomic E-state index is -4.98. The third kappa shape index (κ3) is 5.56. The first-order chi connectivity index (χ1) is 16.3. The predicted molar refractivity (Wildman–Crippen MR) is 115 cm³/mol.